The summed E-state index contributed by atoms with van der Waals surface area (Å²) in [5, 5.41) is 11.4. The van der Waals surface area contributed by atoms with E-state index in [-0.39, 0.29) is 11.3 Å². The van der Waals surface area contributed by atoms with E-state index in [0.29, 0.717) is 24.6 Å². The molecule has 0 atom stereocenters. The van der Waals surface area contributed by atoms with E-state index in [9.17, 15) is 18.2 Å². The average molecular weight is 300 g/mol. The Morgan fingerprint density at radius 3 is 2.55 bits per heavy atom. The molecule has 0 saturated carbocycles. The number of benzene rings is 1. The highest BCUT2D eigenvalue weighted by Gasteiger charge is 2.21. The Morgan fingerprint density at radius 2 is 1.95 bits per heavy atom. The fourth-order valence-corrected chi connectivity index (χ4v) is 2.89. The zero-order valence-electron chi connectivity index (χ0n) is 10.5. The lowest BCUT2D eigenvalue weighted by molar-refractivity contribution is 0.0698. The number of hydrogen-bond donors (Lipinski definition) is 2. The topological polar surface area (TPSA) is 86.7 Å². The molecule has 0 unspecified atom stereocenters. The Kier molecular flexibility index (Phi) is 4.33. The van der Waals surface area contributed by atoms with Crippen molar-refractivity contribution in [2.45, 2.75) is 0 Å². The van der Waals surface area contributed by atoms with Crippen molar-refractivity contribution in [1.29, 1.82) is 0 Å². The molecule has 1 heterocycles. The summed E-state index contributed by atoms with van der Waals surface area (Å²) < 4.78 is 24.4. The van der Waals surface area contributed by atoms with Gasteiger partial charge < -0.3 is 15.3 Å². The smallest absolute Gasteiger partial charge is 0.337 e. The molecule has 0 spiro atoms. The van der Waals surface area contributed by atoms with Crippen LogP contribution in [-0.2, 0) is 10.8 Å². The van der Waals surface area contributed by atoms with Crippen LogP contribution in [0.5, 0.6) is 0 Å². The molecule has 8 heteroatoms. The molecular weight excluding hydrogens is 287 g/mol. The Labute approximate surface area is 117 Å². The van der Waals surface area contributed by atoms with Crippen molar-refractivity contribution in [2.24, 2.45) is 0 Å². The van der Waals surface area contributed by atoms with Crippen LogP contribution >= 0.6 is 0 Å². The number of rotatable bonds is 2. The lowest BCUT2D eigenvalue weighted by atomic mass is 10.2. The third-order valence-corrected chi connectivity index (χ3v) is 4.19. The standard InChI is InChI=1S/C12H13FN2O4S/c13-8-1-2-9(11(16)17)10(7-8)14-12(18)15-3-5-20(19)6-4-15/h1-2,7H,3-6H2,(H,14,18)(H,16,17). The highest BCUT2D eigenvalue weighted by Crippen LogP contribution is 2.18. The Hall–Kier alpha value is -1.96. The number of nitrogens with zero attached hydrogens (tertiary/aromatic N) is 1. The summed E-state index contributed by atoms with van der Waals surface area (Å²) in [5.74, 6) is -1.10. The van der Waals surface area contributed by atoms with E-state index in [2.05, 4.69) is 5.32 Å². The molecule has 1 aliphatic rings. The van der Waals surface area contributed by atoms with Gasteiger partial charge in [-0.2, -0.15) is 0 Å². The SMILES string of the molecule is O=C(O)c1ccc(F)cc1NC(=O)N1CCS(=O)CC1. The second-order valence-electron chi connectivity index (χ2n) is 4.26. The number of aromatic carboxylic acids is 1. The van der Waals surface area contributed by atoms with Gasteiger partial charge in [0.05, 0.1) is 11.3 Å². The second kappa shape index (κ2) is 6.00. The molecule has 1 fully saturated rings. The van der Waals surface area contributed by atoms with E-state index >= 15 is 0 Å². The van der Waals surface area contributed by atoms with Crippen molar-refractivity contribution in [1.82, 2.24) is 4.90 Å². The van der Waals surface area contributed by atoms with Gasteiger partial charge in [-0.05, 0) is 18.2 Å². The first-order chi connectivity index (χ1) is 9.47. The lowest BCUT2D eigenvalue weighted by Gasteiger charge is -2.26. The number of urea groups is 1. The highest BCUT2D eigenvalue weighted by atomic mass is 32.2. The van der Waals surface area contributed by atoms with Gasteiger partial charge in [-0.3, -0.25) is 4.21 Å². The molecule has 2 N–H and O–H groups in total. The molecule has 20 heavy (non-hydrogen) atoms. The molecule has 0 radical (unpaired) electrons. The summed E-state index contributed by atoms with van der Waals surface area (Å²) in [6, 6.07) is 2.56. The molecule has 2 amide bonds. The van der Waals surface area contributed by atoms with Crippen molar-refractivity contribution >= 4 is 28.5 Å². The Balaban J connectivity index is 2.13. The predicted octanol–water partition coefficient (Wildman–Crippen LogP) is 1.12. The fraction of sp³-hybridized carbons (Fsp3) is 0.333. The van der Waals surface area contributed by atoms with Crippen LogP contribution in [0.4, 0.5) is 14.9 Å². The summed E-state index contributed by atoms with van der Waals surface area (Å²) >= 11 is 0. The van der Waals surface area contributed by atoms with Crippen molar-refractivity contribution < 1.29 is 23.3 Å². The number of carboxylic acids is 1. The van der Waals surface area contributed by atoms with Gasteiger partial charge in [0.25, 0.3) is 0 Å². The van der Waals surface area contributed by atoms with Crippen molar-refractivity contribution in [2.75, 3.05) is 29.9 Å². The van der Waals surface area contributed by atoms with Crippen LogP contribution in [0.15, 0.2) is 18.2 Å². The van der Waals surface area contributed by atoms with Gasteiger partial charge >= 0.3 is 12.0 Å². The van der Waals surface area contributed by atoms with E-state index < -0.39 is 28.6 Å². The molecule has 2 rings (SSSR count). The van der Waals surface area contributed by atoms with Gasteiger partial charge in [0, 0.05) is 35.4 Å². The average Bonchev–Trinajstić information content (AvgIpc) is 2.39. The number of carbonyl (C=O) groups excluding carboxylic acids is 1. The van der Waals surface area contributed by atoms with E-state index in [1.54, 1.807) is 0 Å². The quantitative estimate of drug-likeness (QED) is 0.857. The third kappa shape index (κ3) is 3.32. The maximum atomic E-state index is 13.2. The van der Waals surface area contributed by atoms with E-state index in [4.69, 9.17) is 5.11 Å². The van der Waals surface area contributed by atoms with Gasteiger partial charge in [-0.25, -0.2) is 14.0 Å². The van der Waals surface area contributed by atoms with Crippen LogP contribution in [-0.4, -0.2) is 50.8 Å². The molecule has 1 saturated heterocycles. The first-order valence-corrected chi connectivity index (χ1v) is 7.40. The third-order valence-electron chi connectivity index (χ3n) is 2.92. The molecule has 0 aliphatic carbocycles. The van der Waals surface area contributed by atoms with Crippen molar-refractivity contribution in [3.05, 3.63) is 29.6 Å². The summed E-state index contributed by atoms with van der Waals surface area (Å²) in [4.78, 5) is 24.4. The number of halogens is 1. The first kappa shape index (κ1) is 14.4. The number of carboxylic acid groups (broad SMARTS) is 1. The number of carbonyl (C=O) groups is 2. The van der Waals surface area contributed by atoms with Crippen LogP contribution in [0.1, 0.15) is 10.4 Å². The minimum absolute atomic E-state index is 0.0887. The van der Waals surface area contributed by atoms with Gasteiger partial charge in [0.2, 0.25) is 0 Å². The maximum absolute atomic E-state index is 13.2. The zero-order valence-corrected chi connectivity index (χ0v) is 11.3. The van der Waals surface area contributed by atoms with Crippen molar-refractivity contribution in [3.8, 4) is 0 Å². The highest BCUT2D eigenvalue weighted by molar-refractivity contribution is 7.85. The molecule has 1 aromatic rings. The van der Waals surface area contributed by atoms with Crippen molar-refractivity contribution in [3.63, 3.8) is 0 Å². The number of amides is 2. The summed E-state index contributed by atoms with van der Waals surface area (Å²) in [6.45, 7) is 0.659. The van der Waals surface area contributed by atoms with Gasteiger partial charge in [-0.15, -0.1) is 0 Å². The van der Waals surface area contributed by atoms with E-state index in [0.717, 1.165) is 18.2 Å². The number of hydrogen-bond acceptors (Lipinski definition) is 3. The van der Waals surface area contributed by atoms with Crippen LogP contribution in [0, 0.1) is 5.82 Å². The van der Waals surface area contributed by atoms with Crippen LogP contribution in [0.3, 0.4) is 0 Å². The molecular formula is C12H13FN2O4S. The molecule has 6 nitrogen and oxygen atoms in total. The maximum Gasteiger partial charge on any atom is 0.337 e. The van der Waals surface area contributed by atoms with Crippen LogP contribution in [0.2, 0.25) is 0 Å². The van der Waals surface area contributed by atoms with Crippen LogP contribution in [0.25, 0.3) is 0 Å². The normalized spacial score (nSPS) is 15.9. The van der Waals surface area contributed by atoms with Gasteiger partial charge in [0.15, 0.2) is 0 Å². The van der Waals surface area contributed by atoms with E-state index in [1.165, 1.54) is 4.90 Å². The molecule has 0 aromatic heterocycles. The van der Waals surface area contributed by atoms with Gasteiger partial charge in [-0.1, -0.05) is 0 Å². The monoisotopic (exact) mass is 300 g/mol. The Bertz CT molecular complexity index is 569. The largest absolute Gasteiger partial charge is 0.478 e. The minimum atomic E-state index is -1.25. The number of anilines is 1. The Morgan fingerprint density at radius 1 is 1.30 bits per heavy atom. The zero-order chi connectivity index (χ0) is 14.7. The molecule has 108 valence electrons. The lowest BCUT2D eigenvalue weighted by Crippen LogP contribution is -2.44. The molecule has 1 aliphatic heterocycles. The first-order valence-electron chi connectivity index (χ1n) is 5.91. The van der Waals surface area contributed by atoms with Gasteiger partial charge in [0.1, 0.15) is 5.82 Å². The number of nitrogens with one attached hydrogen (secondary N) is 1. The molecule has 1 aromatic carbocycles. The summed E-state index contributed by atoms with van der Waals surface area (Å²) in [6.07, 6.45) is 0. The van der Waals surface area contributed by atoms with Crippen LogP contribution < -0.4 is 5.32 Å². The predicted molar refractivity (Wildman–Crippen MR) is 71.8 cm³/mol. The second-order valence-corrected chi connectivity index (χ2v) is 5.96. The summed E-state index contributed by atoms with van der Waals surface area (Å²) in [5.41, 5.74) is -0.269. The fourth-order valence-electron chi connectivity index (χ4n) is 1.84. The summed E-state index contributed by atoms with van der Waals surface area (Å²) in [7, 11) is -0.915. The van der Waals surface area contributed by atoms with E-state index in [1.807, 2.05) is 0 Å². The molecule has 0 bridgehead atoms. The minimum Gasteiger partial charge on any atom is -0.478 e.